The Morgan fingerprint density at radius 1 is 0.750 bits per heavy atom. The first-order chi connectivity index (χ1) is 13.8. The third-order valence-corrected chi connectivity index (χ3v) is 4.73. The predicted molar refractivity (Wildman–Crippen MR) is 114 cm³/mol. The van der Waals surface area contributed by atoms with Crippen LogP contribution in [0.2, 0.25) is 0 Å². The first-order valence-electron chi connectivity index (χ1n) is 8.91. The fourth-order valence-corrected chi connectivity index (χ4v) is 3.30. The van der Waals surface area contributed by atoms with Gasteiger partial charge in [-0.1, -0.05) is 40.2 Å². The number of pyridine rings is 1. The van der Waals surface area contributed by atoms with Crippen molar-refractivity contribution in [2.75, 3.05) is 11.9 Å². The van der Waals surface area contributed by atoms with Crippen LogP contribution in [0.5, 0.6) is 5.75 Å². The number of nitrogens with one attached hydrogen (secondary N) is 2. The Hall–Kier alpha value is -3.19. The Morgan fingerprint density at radius 2 is 1.29 bits per heavy atom. The van der Waals surface area contributed by atoms with E-state index in [0.29, 0.717) is 29.6 Å². The van der Waals surface area contributed by atoms with Crippen LogP contribution >= 0.6 is 15.9 Å². The van der Waals surface area contributed by atoms with Crippen LogP contribution in [-0.4, -0.2) is 36.9 Å². The van der Waals surface area contributed by atoms with Gasteiger partial charge in [-0.3, -0.25) is 0 Å². The first kappa shape index (κ1) is 16.9. The molecule has 0 aliphatic rings. The smallest absolute Gasteiger partial charge is 0.157 e. The summed E-state index contributed by atoms with van der Waals surface area (Å²) in [5, 5.41) is 0.745. The summed E-state index contributed by atoms with van der Waals surface area (Å²) in [4.78, 5) is 20.8. The number of fused-ring (bicyclic) bond motifs is 2. The van der Waals surface area contributed by atoms with Crippen LogP contribution in [0.25, 0.3) is 45.1 Å². The lowest BCUT2D eigenvalue weighted by Crippen LogP contribution is -2.00. The van der Waals surface area contributed by atoms with Gasteiger partial charge in [0.1, 0.15) is 17.1 Å². The van der Waals surface area contributed by atoms with Gasteiger partial charge in [0.2, 0.25) is 0 Å². The molecule has 0 fully saturated rings. The lowest BCUT2D eigenvalue weighted by atomic mass is 10.2. The molecule has 3 aromatic heterocycles. The number of ether oxygens (including phenoxy) is 1. The van der Waals surface area contributed by atoms with Crippen molar-refractivity contribution in [1.82, 2.24) is 24.9 Å². The van der Waals surface area contributed by atoms with Crippen molar-refractivity contribution in [3.05, 3.63) is 60.7 Å². The lowest BCUT2D eigenvalue weighted by Gasteiger charge is -2.08. The van der Waals surface area contributed by atoms with Crippen LogP contribution in [-0.2, 0) is 0 Å². The molecule has 0 bridgehead atoms. The highest BCUT2D eigenvalue weighted by atomic mass is 79.9. The number of benzene rings is 2. The third-order valence-electron chi connectivity index (χ3n) is 4.41. The molecule has 6 nitrogen and oxygen atoms in total. The molecule has 0 spiro atoms. The Bertz CT molecular complexity index is 1120. The monoisotopic (exact) mass is 433 g/mol. The van der Waals surface area contributed by atoms with Crippen LogP contribution in [0.4, 0.5) is 0 Å². The minimum absolute atomic E-state index is 0.559. The van der Waals surface area contributed by atoms with Crippen LogP contribution in [0.3, 0.4) is 0 Å². The first-order valence-corrected chi connectivity index (χ1v) is 10.0. The molecule has 0 atom stereocenters. The summed E-state index contributed by atoms with van der Waals surface area (Å²) in [5.41, 5.74) is 5.15. The highest BCUT2D eigenvalue weighted by Gasteiger charge is 2.14. The van der Waals surface area contributed by atoms with Crippen LogP contribution in [0.1, 0.15) is 0 Å². The van der Waals surface area contributed by atoms with Gasteiger partial charge in [0, 0.05) is 17.5 Å². The van der Waals surface area contributed by atoms with E-state index in [1.54, 1.807) is 0 Å². The second-order valence-electron chi connectivity index (χ2n) is 6.32. The molecule has 28 heavy (non-hydrogen) atoms. The van der Waals surface area contributed by atoms with E-state index >= 15 is 0 Å². The average Bonchev–Trinajstić information content (AvgIpc) is 3.36. The summed E-state index contributed by atoms with van der Waals surface area (Å²) in [6, 6.07) is 19.6. The quantitative estimate of drug-likeness (QED) is 0.384. The highest BCUT2D eigenvalue weighted by Crippen LogP contribution is 2.28. The topological polar surface area (TPSA) is 79.5 Å². The molecule has 7 heteroatoms. The number of aromatic amines is 2. The fourth-order valence-electron chi connectivity index (χ4n) is 3.14. The average molecular weight is 434 g/mol. The molecular weight excluding hydrogens is 418 g/mol. The highest BCUT2D eigenvalue weighted by molar-refractivity contribution is 9.09. The van der Waals surface area contributed by atoms with Crippen molar-refractivity contribution in [3.63, 3.8) is 0 Å². The third kappa shape index (κ3) is 3.14. The van der Waals surface area contributed by atoms with Crippen LogP contribution in [0.15, 0.2) is 60.7 Å². The van der Waals surface area contributed by atoms with Crippen molar-refractivity contribution >= 4 is 38.0 Å². The number of rotatable bonds is 5. The number of imidazole rings is 2. The molecule has 2 aromatic carbocycles. The Balaban J connectivity index is 1.64. The van der Waals surface area contributed by atoms with Crippen molar-refractivity contribution in [2.45, 2.75) is 0 Å². The van der Waals surface area contributed by atoms with E-state index in [4.69, 9.17) is 9.72 Å². The Morgan fingerprint density at radius 3 is 1.79 bits per heavy atom. The molecule has 5 aromatic rings. The zero-order chi connectivity index (χ0) is 18.9. The Kier molecular flexibility index (Phi) is 4.29. The summed E-state index contributed by atoms with van der Waals surface area (Å²) < 4.78 is 5.86. The maximum atomic E-state index is 5.86. The molecule has 5 rings (SSSR count). The van der Waals surface area contributed by atoms with Gasteiger partial charge in [0.15, 0.2) is 11.6 Å². The van der Waals surface area contributed by atoms with Crippen molar-refractivity contribution in [2.24, 2.45) is 0 Å². The SMILES string of the molecule is BrCCOc1cc(-c2nc3ccccc3[nH]2)nc(-c2nc3ccccc3[nH]2)c1. The zero-order valence-corrected chi connectivity index (χ0v) is 16.4. The number of alkyl halides is 1. The van der Waals surface area contributed by atoms with Gasteiger partial charge in [-0.15, -0.1) is 0 Å². The fraction of sp³-hybridized carbons (Fsp3) is 0.0952. The second-order valence-corrected chi connectivity index (χ2v) is 7.11. The summed E-state index contributed by atoms with van der Waals surface area (Å²) in [6.07, 6.45) is 0. The van der Waals surface area contributed by atoms with Gasteiger partial charge in [-0.25, -0.2) is 15.0 Å². The van der Waals surface area contributed by atoms with E-state index in [0.717, 1.165) is 33.1 Å². The molecule has 138 valence electrons. The summed E-state index contributed by atoms with van der Waals surface area (Å²) >= 11 is 3.40. The largest absolute Gasteiger partial charge is 0.493 e. The predicted octanol–water partition coefficient (Wildman–Crippen LogP) is 4.94. The van der Waals surface area contributed by atoms with Gasteiger partial charge in [-0.2, -0.15) is 0 Å². The minimum Gasteiger partial charge on any atom is -0.493 e. The van der Waals surface area contributed by atoms with Crippen molar-refractivity contribution in [3.8, 4) is 28.8 Å². The molecule has 0 aliphatic heterocycles. The number of aromatic nitrogens is 5. The van der Waals surface area contributed by atoms with Crippen LogP contribution in [0, 0.1) is 0 Å². The van der Waals surface area contributed by atoms with Gasteiger partial charge in [0.25, 0.3) is 0 Å². The molecule has 3 heterocycles. The number of para-hydroxylation sites is 4. The molecular formula is C21H16BrN5O. The van der Waals surface area contributed by atoms with Gasteiger partial charge in [0.05, 0.1) is 28.7 Å². The van der Waals surface area contributed by atoms with Gasteiger partial charge >= 0.3 is 0 Å². The second kappa shape index (κ2) is 7.09. The molecule has 2 N–H and O–H groups in total. The number of H-pyrrole nitrogens is 2. The van der Waals surface area contributed by atoms with Gasteiger partial charge < -0.3 is 14.7 Å². The number of hydrogen-bond acceptors (Lipinski definition) is 4. The Labute approximate surface area is 169 Å². The molecule has 0 amide bonds. The molecule has 0 aliphatic carbocycles. The number of halogens is 1. The van der Waals surface area contributed by atoms with E-state index < -0.39 is 0 Å². The normalized spacial score (nSPS) is 11.3. The lowest BCUT2D eigenvalue weighted by molar-refractivity contribution is 0.345. The maximum Gasteiger partial charge on any atom is 0.157 e. The number of nitrogens with zero attached hydrogens (tertiary/aromatic N) is 3. The van der Waals surface area contributed by atoms with Crippen molar-refractivity contribution in [1.29, 1.82) is 0 Å². The van der Waals surface area contributed by atoms with Crippen molar-refractivity contribution < 1.29 is 4.74 Å². The molecule has 0 radical (unpaired) electrons. The summed E-state index contributed by atoms with van der Waals surface area (Å²) in [5.74, 6) is 2.12. The number of hydrogen-bond donors (Lipinski definition) is 2. The van der Waals surface area contributed by atoms with E-state index in [-0.39, 0.29) is 0 Å². The molecule has 0 unspecified atom stereocenters. The summed E-state index contributed by atoms with van der Waals surface area (Å²) in [6.45, 7) is 0.559. The maximum absolute atomic E-state index is 5.86. The molecule has 0 saturated heterocycles. The van der Waals surface area contributed by atoms with E-state index in [1.165, 1.54) is 0 Å². The van der Waals surface area contributed by atoms with E-state index in [9.17, 15) is 0 Å². The van der Waals surface area contributed by atoms with Gasteiger partial charge in [-0.05, 0) is 24.3 Å². The zero-order valence-electron chi connectivity index (χ0n) is 14.8. The summed E-state index contributed by atoms with van der Waals surface area (Å²) in [7, 11) is 0. The van der Waals surface area contributed by atoms with E-state index in [1.807, 2.05) is 60.7 Å². The van der Waals surface area contributed by atoms with E-state index in [2.05, 4.69) is 35.9 Å². The standard InChI is InChI=1S/C21H16BrN5O/c22-9-10-28-13-11-18(20-24-14-5-1-2-6-15(14)25-20)23-19(12-13)21-26-16-7-3-4-8-17(16)27-21/h1-8,11-12H,9-10H2,(H,24,25)(H,26,27). The van der Waals surface area contributed by atoms with Crippen LogP contribution < -0.4 is 4.74 Å². The minimum atomic E-state index is 0.559. The molecule has 0 saturated carbocycles.